The minimum atomic E-state index is 0.246. The van der Waals surface area contributed by atoms with Crippen LogP contribution in [-0.2, 0) is 6.54 Å². The van der Waals surface area contributed by atoms with Gasteiger partial charge in [-0.2, -0.15) is 0 Å². The minimum absolute atomic E-state index is 0.246. The molecule has 1 aliphatic rings. The monoisotopic (exact) mass is 248 g/mol. The highest BCUT2D eigenvalue weighted by atomic mass is 16.3. The average Bonchev–Trinajstić information content (AvgIpc) is 2.54. The predicted octanol–water partition coefficient (Wildman–Crippen LogP) is 1.49. The number of benzene rings is 1. The van der Waals surface area contributed by atoms with Gasteiger partial charge in [0.05, 0.1) is 6.61 Å². The number of aryl methyl sites for hydroxylation is 1. The maximum absolute atomic E-state index is 9.56. The molecule has 1 aromatic rings. The van der Waals surface area contributed by atoms with Gasteiger partial charge in [-0.05, 0) is 32.5 Å². The summed E-state index contributed by atoms with van der Waals surface area (Å²) in [7, 11) is 2.14. The Morgan fingerprint density at radius 1 is 1.22 bits per heavy atom. The smallest absolute Gasteiger partial charge is 0.0599 e. The molecule has 0 saturated carbocycles. The lowest BCUT2D eigenvalue weighted by molar-refractivity contribution is 0.111. The second-order valence-corrected chi connectivity index (χ2v) is 5.41. The Hall–Kier alpha value is -0.900. The van der Waals surface area contributed by atoms with E-state index < -0.39 is 0 Å². The first-order valence-electron chi connectivity index (χ1n) is 6.78. The second kappa shape index (κ2) is 6.32. The molecule has 1 fully saturated rings. The lowest BCUT2D eigenvalue weighted by atomic mass is 10.1. The van der Waals surface area contributed by atoms with E-state index in [1.807, 2.05) is 0 Å². The first-order valence-corrected chi connectivity index (χ1v) is 6.78. The van der Waals surface area contributed by atoms with Crippen molar-refractivity contribution in [3.05, 3.63) is 35.4 Å². The van der Waals surface area contributed by atoms with Gasteiger partial charge in [0.1, 0.15) is 0 Å². The van der Waals surface area contributed by atoms with Crippen molar-refractivity contribution in [2.75, 3.05) is 33.3 Å². The topological polar surface area (TPSA) is 26.7 Å². The van der Waals surface area contributed by atoms with Crippen LogP contribution in [0.25, 0.3) is 0 Å². The number of hydrogen-bond acceptors (Lipinski definition) is 3. The van der Waals surface area contributed by atoms with E-state index in [0.717, 1.165) is 26.2 Å². The van der Waals surface area contributed by atoms with Crippen molar-refractivity contribution in [2.24, 2.45) is 0 Å². The molecule has 1 N–H and O–H groups in total. The van der Waals surface area contributed by atoms with Crippen molar-refractivity contribution >= 4 is 0 Å². The van der Waals surface area contributed by atoms with E-state index in [4.69, 9.17) is 0 Å². The van der Waals surface area contributed by atoms with Crippen LogP contribution in [0.1, 0.15) is 17.5 Å². The van der Waals surface area contributed by atoms with E-state index in [0.29, 0.717) is 0 Å². The maximum atomic E-state index is 9.56. The molecule has 0 aliphatic carbocycles. The van der Waals surface area contributed by atoms with Crippen LogP contribution in [0.2, 0.25) is 0 Å². The normalized spacial score (nSPS) is 22.9. The molecule has 0 radical (unpaired) electrons. The van der Waals surface area contributed by atoms with Gasteiger partial charge in [0.2, 0.25) is 0 Å². The fraction of sp³-hybridized carbons (Fsp3) is 0.600. The zero-order chi connectivity index (χ0) is 13.0. The number of aliphatic hydroxyl groups excluding tert-OH is 1. The van der Waals surface area contributed by atoms with Crippen molar-refractivity contribution < 1.29 is 5.11 Å². The highest BCUT2D eigenvalue weighted by Crippen LogP contribution is 2.14. The van der Waals surface area contributed by atoms with E-state index in [1.54, 1.807) is 0 Å². The molecule has 18 heavy (non-hydrogen) atoms. The molecule has 0 amide bonds. The Balaban J connectivity index is 2.03. The molecule has 3 heteroatoms. The number of aliphatic hydroxyl groups is 1. The van der Waals surface area contributed by atoms with Crippen molar-refractivity contribution in [2.45, 2.75) is 25.9 Å². The lowest BCUT2D eigenvalue weighted by Gasteiger charge is -2.29. The van der Waals surface area contributed by atoms with Gasteiger partial charge in [0, 0.05) is 25.7 Å². The Bertz CT molecular complexity index is 363. The van der Waals surface area contributed by atoms with Crippen LogP contribution in [0.5, 0.6) is 0 Å². The Kier molecular flexibility index (Phi) is 4.75. The minimum Gasteiger partial charge on any atom is -0.395 e. The summed E-state index contributed by atoms with van der Waals surface area (Å²) >= 11 is 0. The van der Waals surface area contributed by atoms with E-state index >= 15 is 0 Å². The highest BCUT2D eigenvalue weighted by Gasteiger charge is 2.22. The number of nitrogens with zero attached hydrogens (tertiary/aromatic N) is 2. The summed E-state index contributed by atoms with van der Waals surface area (Å²) in [6.07, 6.45) is 1.18. The van der Waals surface area contributed by atoms with E-state index in [2.05, 4.69) is 48.0 Å². The summed E-state index contributed by atoms with van der Waals surface area (Å²) in [4.78, 5) is 4.73. The molecule has 3 nitrogen and oxygen atoms in total. The fourth-order valence-corrected chi connectivity index (χ4v) is 2.60. The molecule has 1 aromatic carbocycles. The number of rotatable bonds is 3. The van der Waals surface area contributed by atoms with Crippen LogP contribution < -0.4 is 0 Å². The molecule has 0 aromatic heterocycles. The highest BCUT2D eigenvalue weighted by molar-refractivity contribution is 5.21. The molecular weight excluding hydrogens is 224 g/mol. The molecule has 1 atom stereocenters. The van der Waals surface area contributed by atoms with Crippen molar-refractivity contribution in [1.82, 2.24) is 9.80 Å². The first-order chi connectivity index (χ1) is 8.69. The third kappa shape index (κ3) is 3.55. The van der Waals surface area contributed by atoms with Crippen molar-refractivity contribution in [1.29, 1.82) is 0 Å². The summed E-state index contributed by atoms with van der Waals surface area (Å²) in [6.45, 7) is 6.46. The zero-order valence-electron chi connectivity index (χ0n) is 11.5. The third-order valence-corrected chi connectivity index (χ3v) is 3.74. The Morgan fingerprint density at radius 3 is 2.61 bits per heavy atom. The van der Waals surface area contributed by atoms with Crippen LogP contribution in [0.4, 0.5) is 0 Å². The number of hydrogen-bond donors (Lipinski definition) is 1. The second-order valence-electron chi connectivity index (χ2n) is 5.41. The SMILES string of the molecule is Cc1ccc(CN2CCCN(C)CC2CO)cc1. The van der Waals surface area contributed by atoms with Gasteiger partial charge in [-0.3, -0.25) is 4.90 Å². The van der Waals surface area contributed by atoms with Gasteiger partial charge in [-0.25, -0.2) is 0 Å². The summed E-state index contributed by atoms with van der Waals surface area (Å²) in [5.41, 5.74) is 2.64. The molecule has 100 valence electrons. The van der Waals surface area contributed by atoms with E-state index in [-0.39, 0.29) is 12.6 Å². The summed E-state index contributed by atoms with van der Waals surface area (Å²) in [5.74, 6) is 0. The molecule has 1 saturated heterocycles. The lowest BCUT2D eigenvalue weighted by Crippen LogP contribution is -2.42. The van der Waals surface area contributed by atoms with Gasteiger partial charge < -0.3 is 10.0 Å². The third-order valence-electron chi connectivity index (χ3n) is 3.74. The largest absolute Gasteiger partial charge is 0.395 e. The molecule has 0 spiro atoms. The molecule has 0 bridgehead atoms. The predicted molar refractivity (Wildman–Crippen MR) is 74.6 cm³/mol. The van der Waals surface area contributed by atoms with Crippen LogP contribution in [-0.4, -0.2) is 54.2 Å². The van der Waals surface area contributed by atoms with Crippen LogP contribution in [0.3, 0.4) is 0 Å². The molecule has 1 unspecified atom stereocenters. The quantitative estimate of drug-likeness (QED) is 0.878. The molecule has 1 aliphatic heterocycles. The van der Waals surface area contributed by atoms with Crippen LogP contribution in [0, 0.1) is 6.92 Å². The van der Waals surface area contributed by atoms with Crippen molar-refractivity contribution in [3.63, 3.8) is 0 Å². The Morgan fingerprint density at radius 2 is 1.94 bits per heavy atom. The van der Waals surface area contributed by atoms with Gasteiger partial charge in [0.25, 0.3) is 0 Å². The first kappa shape index (κ1) is 13.5. The van der Waals surface area contributed by atoms with Crippen LogP contribution in [0.15, 0.2) is 24.3 Å². The van der Waals surface area contributed by atoms with Gasteiger partial charge >= 0.3 is 0 Å². The maximum Gasteiger partial charge on any atom is 0.0599 e. The molecule has 2 rings (SSSR count). The summed E-state index contributed by atoms with van der Waals surface area (Å²) < 4.78 is 0. The standard InChI is InChI=1S/C15H24N2O/c1-13-4-6-14(7-5-13)10-17-9-3-8-16(2)11-15(17)12-18/h4-7,15,18H,3,8-12H2,1-2H3. The summed E-state index contributed by atoms with van der Waals surface area (Å²) in [6, 6.07) is 8.97. The van der Waals surface area contributed by atoms with Crippen LogP contribution >= 0.6 is 0 Å². The van der Waals surface area contributed by atoms with Gasteiger partial charge in [0.15, 0.2) is 0 Å². The molecule has 1 heterocycles. The fourth-order valence-electron chi connectivity index (χ4n) is 2.60. The van der Waals surface area contributed by atoms with E-state index in [9.17, 15) is 5.11 Å². The average molecular weight is 248 g/mol. The number of likely N-dealkylation sites (N-methyl/N-ethyl adjacent to an activating group) is 1. The van der Waals surface area contributed by atoms with E-state index in [1.165, 1.54) is 17.5 Å². The van der Waals surface area contributed by atoms with Gasteiger partial charge in [-0.1, -0.05) is 29.8 Å². The van der Waals surface area contributed by atoms with Gasteiger partial charge in [-0.15, -0.1) is 0 Å². The summed E-state index contributed by atoms with van der Waals surface area (Å²) in [5, 5.41) is 9.56. The molecular formula is C15H24N2O. The Labute approximate surface area is 110 Å². The van der Waals surface area contributed by atoms with Crippen molar-refractivity contribution in [3.8, 4) is 0 Å². The zero-order valence-corrected chi connectivity index (χ0v) is 11.5.